The van der Waals surface area contributed by atoms with E-state index in [1.807, 2.05) is 6.07 Å². The number of hydrogen-bond donors (Lipinski definition) is 4. The first-order valence-corrected chi connectivity index (χ1v) is 8.33. The summed E-state index contributed by atoms with van der Waals surface area (Å²) in [5, 5.41) is 32.6. The van der Waals surface area contributed by atoms with E-state index in [1.54, 1.807) is 0 Å². The second-order valence-electron chi connectivity index (χ2n) is 8.32. The molecule has 1 aromatic carbocycles. The number of nitrogens with one attached hydrogen (secondary N) is 1. The predicted molar refractivity (Wildman–Crippen MR) is 95.2 cm³/mol. The van der Waals surface area contributed by atoms with Crippen LogP contribution >= 0.6 is 0 Å². The average molecular weight is 323 g/mol. The Morgan fingerprint density at radius 2 is 1.65 bits per heavy atom. The minimum atomic E-state index is -0.601. The van der Waals surface area contributed by atoms with Crippen LogP contribution in [0.4, 0.5) is 0 Å². The number of phenols is 1. The van der Waals surface area contributed by atoms with Crippen LogP contribution < -0.4 is 5.32 Å². The summed E-state index contributed by atoms with van der Waals surface area (Å²) in [6, 6.07) is 4.08. The maximum absolute atomic E-state index is 10.7. The normalized spacial score (nSPS) is 14.1. The summed E-state index contributed by atoms with van der Waals surface area (Å²) >= 11 is 0. The summed E-state index contributed by atoms with van der Waals surface area (Å²) in [5.74, 6) is 0.284. The van der Waals surface area contributed by atoms with Crippen LogP contribution in [0.25, 0.3) is 0 Å². The molecule has 1 rings (SSSR count). The molecule has 1 atom stereocenters. The number of aromatic hydroxyl groups is 1. The molecule has 4 heteroatoms. The highest BCUT2D eigenvalue weighted by Gasteiger charge is 2.25. The summed E-state index contributed by atoms with van der Waals surface area (Å²) < 4.78 is 0. The van der Waals surface area contributed by atoms with Gasteiger partial charge in [-0.25, -0.2) is 0 Å². The van der Waals surface area contributed by atoms with E-state index in [-0.39, 0.29) is 23.2 Å². The summed E-state index contributed by atoms with van der Waals surface area (Å²) in [4.78, 5) is 0. The second kappa shape index (κ2) is 7.65. The van der Waals surface area contributed by atoms with Crippen molar-refractivity contribution in [1.29, 1.82) is 0 Å². The fourth-order valence-corrected chi connectivity index (χ4v) is 2.53. The molecule has 1 aromatic rings. The van der Waals surface area contributed by atoms with Crippen LogP contribution in [0.5, 0.6) is 5.75 Å². The number of phenolic OH excluding ortho intramolecular Hbond substituents is 1. The van der Waals surface area contributed by atoms with Gasteiger partial charge in [0.1, 0.15) is 5.75 Å². The molecule has 1 unspecified atom stereocenters. The zero-order valence-electron chi connectivity index (χ0n) is 15.4. The maximum Gasteiger partial charge on any atom is 0.122 e. The zero-order chi connectivity index (χ0) is 17.8. The molecule has 0 bridgehead atoms. The first-order chi connectivity index (χ1) is 10.5. The van der Waals surface area contributed by atoms with Gasteiger partial charge >= 0.3 is 0 Å². The van der Waals surface area contributed by atoms with Crippen LogP contribution in [0.2, 0.25) is 0 Å². The van der Waals surface area contributed by atoms with Crippen LogP contribution in [0.15, 0.2) is 12.1 Å². The highest BCUT2D eigenvalue weighted by atomic mass is 16.3. The van der Waals surface area contributed by atoms with Gasteiger partial charge in [-0.3, -0.25) is 0 Å². The lowest BCUT2D eigenvalue weighted by Gasteiger charge is -2.28. The van der Waals surface area contributed by atoms with E-state index in [0.717, 1.165) is 16.7 Å². The van der Waals surface area contributed by atoms with Crippen molar-refractivity contribution in [1.82, 2.24) is 5.32 Å². The van der Waals surface area contributed by atoms with E-state index in [9.17, 15) is 10.2 Å². The van der Waals surface area contributed by atoms with E-state index < -0.39 is 6.10 Å². The van der Waals surface area contributed by atoms with Crippen molar-refractivity contribution >= 4 is 0 Å². The van der Waals surface area contributed by atoms with Gasteiger partial charge in [0.05, 0.1) is 12.7 Å². The molecule has 132 valence electrons. The van der Waals surface area contributed by atoms with Gasteiger partial charge in [0, 0.05) is 19.5 Å². The molecular weight excluding hydrogens is 290 g/mol. The van der Waals surface area contributed by atoms with Gasteiger partial charge in [0.25, 0.3) is 0 Å². The van der Waals surface area contributed by atoms with E-state index in [4.69, 9.17) is 5.11 Å². The molecule has 4 N–H and O–H groups in total. The van der Waals surface area contributed by atoms with Crippen LogP contribution in [0.3, 0.4) is 0 Å². The smallest absolute Gasteiger partial charge is 0.122 e. The van der Waals surface area contributed by atoms with Gasteiger partial charge in [0.15, 0.2) is 0 Å². The Labute approximate surface area is 140 Å². The van der Waals surface area contributed by atoms with Gasteiger partial charge in [-0.1, -0.05) is 53.7 Å². The number of aliphatic hydroxyl groups excluding tert-OH is 2. The Balaban J connectivity index is 3.15. The lowest BCUT2D eigenvalue weighted by Crippen LogP contribution is -2.30. The summed E-state index contributed by atoms with van der Waals surface area (Å²) in [6.45, 7) is 13.6. The first kappa shape index (κ1) is 19.9. The summed E-state index contributed by atoms with van der Waals surface area (Å²) in [7, 11) is 0. The Morgan fingerprint density at radius 1 is 1.04 bits per heavy atom. The maximum atomic E-state index is 10.7. The van der Waals surface area contributed by atoms with Crippen molar-refractivity contribution in [2.45, 2.75) is 64.9 Å². The van der Waals surface area contributed by atoms with Crippen molar-refractivity contribution in [3.05, 3.63) is 28.8 Å². The molecule has 0 aliphatic heterocycles. The Kier molecular flexibility index (Phi) is 6.63. The number of aliphatic hydroxyl groups is 2. The van der Waals surface area contributed by atoms with Crippen molar-refractivity contribution in [3.63, 3.8) is 0 Å². The van der Waals surface area contributed by atoms with Crippen LogP contribution in [0, 0.1) is 0 Å². The highest BCUT2D eigenvalue weighted by Crippen LogP contribution is 2.38. The van der Waals surface area contributed by atoms with Gasteiger partial charge in [-0.2, -0.15) is 0 Å². The molecule has 0 saturated carbocycles. The predicted octanol–water partition coefficient (Wildman–Crippen LogP) is 2.47. The van der Waals surface area contributed by atoms with E-state index in [2.05, 4.69) is 52.9 Å². The van der Waals surface area contributed by atoms with Crippen LogP contribution in [-0.4, -0.2) is 41.1 Å². The van der Waals surface area contributed by atoms with Crippen LogP contribution in [-0.2, 0) is 17.3 Å². The third-order valence-corrected chi connectivity index (χ3v) is 3.99. The van der Waals surface area contributed by atoms with Crippen molar-refractivity contribution < 1.29 is 15.3 Å². The van der Waals surface area contributed by atoms with Crippen LogP contribution in [0.1, 0.15) is 58.2 Å². The number of rotatable bonds is 6. The fraction of sp³-hybridized carbons (Fsp3) is 0.684. The molecule has 0 fully saturated rings. The Bertz CT molecular complexity index is 513. The van der Waals surface area contributed by atoms with Crippen molar-refractivity contribution in [2.24, 2.45) is 0 Å². The van der Waals surface area contributed by atoms with E-state index in [0.29, 0.717) is 19.5 Å². The standard InChI is InChI=1S/C19H33NO3/c1-18(2,3)14-9-13(10-15(22)12-20-7-8-21)17(23)16(11-14)19(4,5)6/h9,11,15,20-23H,7-8,10,12H2,1-6H3. The van der Waals surface area contributed by atoms with Gasteiger partial charge in [-0.15, -0.1) is 0 Å². The Hall–Kier alpha value is -1.10. The number of benzene rings is 1. The molecule has 0 saturated heterocycles. The average Bonchev–Trinajstić information content (AvgIpc) is 2.38. The third kappa shape index (κ3) is 5.79. The lowest BCUT2D eigenvalue weighted by atomic mass is 9.78. The lowest BCUT2D eigenvalue weighted by molar-refractivity contribution is 0.167. The fourth-order valence-electron chi connectivity index (χ4n) is 2.53. The van der Waals surface area contributed by atoms with Crippen molar-refractivity contribution in [2.75, 3.05) is 19.7 Å². The van der Waals surface area contributed by atoms with Gasteiger partial charge in [-0.05, 0) is 27.5 Å². The largest absolute Gasteiger partial charge is 0.507 e. The summed E-state index contributed by atoms with van der Waals surface area (Å²) in [6.07, 6.45) is -0.215. The first-order valence-electron chi connectivity index (χ1n) is 8.33. The quantitative estimate of drug-likeness (QED) is 0.607. The van der Waals surface area contributed by atoms with Crippen molar-refractivity contribution in [3.8, 4) is 5.75 Å². The molecule has 0 aliphatic carbocycles. The molecular formula is C19H33NO3. The Morgan fingerprint density at radius 3 is 2.13 bits per heavy atom. The molecule has 4 nitrogen and oxygen atoms in total. The minimum absolute atomic E-state index is 0.0253. The monoisotopic (exact) mass is 323 g/mol. The third-order valence-electron chi connectivity index (χ3n) is 3.99. The minimum Gasteiger partial charge on any atom is -0.507 e. The summed E-state index contributed by atoms with van der Waals surface area (Å²) in [5.41, 5.74) is 2.66. The molecule has 0 aromatic heterocycles. The molecule has 0 radical (unpaired) electrons. The zero-order valence-corrected chi connectivity index (χ0v) is 15.4. The van der Waals surface area contributed by atoms with Gasteiger partial charge < -0.3 is 20.6 Å². The SMILES string of the molecule is CC(C)(C)c1cc(CC(O)CNCCO)c(O)c(C(C)(C)C)c1. The molecule has 23 heavy (non-hydrogen) atoms. The van der Waals surface area contributed by atoms with E-state index in [1.165, 1.54) is 0 Å². The molecule has 0 heterocycles. The molecule has 0 aliphatic rings. The highest BCUT2D eigenvalue weighted by molar-refractivity contribution is 5.49. The topological polar surface area (TPSA) is 72.7 Å². The number of hydrogen-bond acceptors (Lipinski definition) is 4. The second-order valence-corrected chi connectivity index (χ2v) is 8.32. The molecule has 0 amide bonds. The van der Waals surface area contributed by atoms with E-state index >= 15 is 0 Å². The molecule has 0 spiro atoms. The van der Waals surface area contributed by atoms with Gasteiger partial charge in [0.2, 0.25) is 0 Å².